The van der Waals surface area contributed by atoms with Crippen molar-refractivity contribution in [1.29, 1.82) is 5.26 Å². The average Bonchev–Trinajstić information content (AvgIpc) is 3.19. The normalized spacial score (nSPS) is 12.2. The highest BCUT2D eigenvalue weighted by Gasteiger charge is 2.16. The van der Waals surface area contributed by atoms with Crippen LogP contribution in [-0.4, -0.2) is 25.9 Å². The molecule has 0 bridgehead atoms. The molecule has 2 aromatic carbocycles. The number of carbonyl (C=O) groups excluding carboxylic acids is 1. The summed E-state index contributed by atoms with van der Waals surface area (Å²) in [7, 11) is 0. The van der Waals surface area contributed by atoms with Crippen LogP contribution in [0.15, 0.2) is 42.0 Å². The Labute approximate surface area is 169 Å². The zero-order valence-corrected chi connectivity index (χ0v) is 16.4. The number of hydrogen-bond donors (Lipinski definition) is 1. The smallest absolute Gasteiger partial charge is 0.266 e. The summed E-state index contributed by atoms with van der Waals surface area (Å²) in [5.41, 5.74) is 1.14. The summed E-state index contributed by atoms with van der Waals surface area (Å²) in [6, 6.07) is 12.3. The molecule has 0 saturated heterocycles. The molecule has 1 heterocycles. The fourth-order valence-corrected chi connectivity index (χ4v) is 2.70. The van der Waals surface area contributed by atoms with Gasteiger partial charge in [-0.1, -0.05) is 13.0 Å². The molecule has 7 nitrogen and oxygen atoms in total. The van der Waals surface area contributed by atoms with E-state index in [9.17, 15) is 10.1 Å². The predicted octanol–water partition coefficient (Wildman–Crippen LogP) is 4.15. The van der Waals surface area contributed by atoms with Crippen LogP contribution in [0.4, 0.5) is 5.69 Å². The lowest BCUT2D eigenvalue weighted by Crippen LogP contribution is -2.13. The van der Waals surface area contributed by atoms with E-state index in [0.717, 1.165) is 6.42 Å². The van der Waals surface area contributed by atoms with Crippen LogP contribution >= 0.6 is 0 Å². The number of amides is 1. The topological polar surface area (TPSA) is 89.8 Å². The number of nitriles is 1. The molecule has 0 aliphatic carbocycles. The Hall–Kier alpha value is -3.66. The molecule has 0 spiro atoms. The minimum Gasteiger partial charge on any atom is -0.490 e. The molecule has 150 valence electrons. The van der Waals surface area contributed by atoms with Crippen LogP contribution < -0.4 is 24.3 Å². The quantitative estimate of drug-likeness (QED) is 0.534. The molecule has 29 heavy (non-hydrogen) atoms. The Morgan fingerprint density at radius 2 is 1.97 bits per heavy atom. The third-order valence-electron chi connectivity index (χ3n) is 4.04. The number of ether oxygens (including phenoxy) is 4. The van der Waals surface area contributed by atoms with Crippen molar-refractivity contribution in [2.45, 2.75) is 20.3 Å². The van der Waals surface area contributed by atoms with Crippen LogP contribution in [0.2, 0.25) is 0 Å². The van der Waals surface area contributed by atoms with E-state index in [4.69, 9.17) is 18.9 Å². The van der Waals surface area contributed by atoms with Crippen molar-refractivity contribution >= 4 is 17.7 Å². The van der Waals surface area contributed by atoms with Gasteiger partial charge in [0.2, 0.25) is 6.79 Å². The molecule has 1 N–H and O–H groups in total. The first kappa shape index (κ1) is 20.1. The fraction of sp³-hybridized carbons (Fsp3) is 0.273. The van der Waals surface area contributed by atoms with Crippen molar-refractivity contribution in [3.63, 3.8) is 0 Å². The summed E-state index contributed by atoms with van der Waals surface area (Å²) < 4.78 is 21.9. The van der Waals surface area contributed by atoms with Crippen molar-refractivity contribution in [2.75, 3.05) is 25.3 Å². The largest absolute Gasteiger partial charge is 0.490 e. The average molecular weight is 394 g/mol. The molecule has 0 radical (unpaired) electrons. The van der Waals surface area contributed by atoms with E-state index in [-0.39, 0.29) is 12.4 Å². The zero-order chi connectivity index (χ0) is 20.6. The van der Waals surface area contributed by atoms with E-state index < -0.39 is 5.91 Å². The SMILES string of the molecule is CCCOc1ccc(C=C(C#N)C(=O)Nc2ccc3c(c2)OCO3)cc1OCC. The molecule has 0 fully saturated rings. The third-order valence-corrected chi connectivity index (χ3v) is 4.04. The number of benzene rings is 2. The molecular formula is C22H22N2O5. The van der Waals surface area contributed by atoms with Crippen LogP contribution in [0.3, 0.4) is 0 Å². The van der Waals surface area contributed by atoms with Crippen molar-refractivity contribution < 1.29 is 23.7 Å². The van der Waals surface area contributed by atoms with Crippen molar-refractivity contribution in [1.82, 2.24) is 0 Å². The van der Waals surface area contributed by atoms with Crippen LogP contribution in [0.1, 0.15) is 25.8 Å². The number of fused-ring (bicyclic) bond motifs is 1. The van der Waals surface area contributed by atoms with Gasteiger partial charge in [-0.05, 0) is 49.2 Å². The van der Waals surface area contributed by atoms with Crippen LogP contribution in [0.5, 0.6) is 23.0 Å². The van der Waals surface area contributed by atoms with Crippen LogP contribution in [0.25, 0.3) is 6.08 Å². The number of hydrogen-bond acceptors (Lipinski definition) is 6. The highest BCUT2D eigenvalue weighted by Crippen LogP contribution is 2.34. The Morgan fingerprint density at radius 1 is 1.14 bits per heavy atom. The molecule has 2 aromatic rings. The third kappa shape index (κ3) is 4.99. The van der Waals surface area contributed by atoms with E-state index in [0.29, 0.717) is 47.5 Å². The Balaban J connectivity index is 1.78. The molecule has 0 atom stereocenters. The molecule has 7 heteroatoms. The van der Waals surface area contributed by atoms with E-state index in [2.05, 4.69) is 5.32 Å². The Bertz CT molecular complexity index is 962. The van der Waals surface area contributed by atoms with Gasteiger partial charge in [0, 0.05) is 11.8 Å². The second kappa shape index (κ2) is 9.51. The van der Waals surface area contributed by atoms with E-state index in [1.165, 1.54) is 6.08 Å². The maximum absolute atomic E-state index is 12.5. The molecule has 0 unspecified atom stereocenters. The van der Waals surface area contributed by atoms with Gasteiger partial charge >= 0.3 is 0 Å². The monoisotopic (exact) mass is 394 g/mol. The number of nitrogens with one attached hydrogen (secondary N) is 1. The number of carbonyl (C=O) groups is 1. The van der Waals surface area contributed by atoms with Crippen LogP contribution in [-0.2, 0) is 4.79 Å². The zero-order valence-electron chi connectivity index (χ0n) is 16.4. The van der Waals surface area contributed by atoms with Gasteiger partial charge in [0.25, 0.3) is 5.91 Å². The van der Waals surface area contributed by atoms with Gasteiger partial charge in [-0.3, -0.25) is 4.79 Å². The van der Waals surface area contributed by atoms with Gasteiger partial charge in [-0.25, -0.2) is 0 Å². The molecule has 1 aliphatic rings. The molecule has 1 aliphatic heterocycles. The second-order valence-corrected chi connectivity index (χ2v) is 6.18. The molecule has 3 rings (SSSR count). The second-order valence-electron chi connectivity index (χ2n) is 6.18. The molecule has 0 aromatic heterocycles. The highest BCUT2D eigenvalue weighted by molar-refractivity contribution is 6.09. The number of anilines is 1. The lowest BCUT2D eigenvalue weighted by atomic mass is 10.1. The number of nitrogens with zero attached hydrogens (tertiary/aromatic N) is 1. The standard InChI is InChI=1S/C22H22N2O5/c1-3-9-27-18-7-5-15(11-20(18)26-4-2)10-16(13-23)22(25)24-17-6-8-19-21(12-17)29-14-28-19/h5-8,10-12H,3-4,9,14H2,1-2H3,(H,24,25). The summed E-state index contributed by atoms with van der Waals surface area (Å²) in [5.74, 6) is 1.86. The fourth-order valence-electron chi connectivity index (χ4n) is 2.70. The number of rotatable bonds is 8. The maximum Gasteiger partial charge on any atom is 0.266 e. The Morgan fingerprint density at radius 3 is 2.72 bits per heavy atom. The van der Waals surface area contributed by atoms with E-state index >= 15 is 0 Å². The predicted molar refractivity (Wildman–Crippen MR) is 108 cm³/mol. The molecule has 1 amide bonds. The lowest BCUT2D eigenvalue weighted by molar-refractivity contribution is -0.112. The van der Waals surface area contributed by atoms with Crippen LogP contribution in [0, 0.1) is 11.3 Å². The first-order chi connectivity index (χ1) is 14.1. The minimum atomic E-state index is -0.518. The van der Waals surface area contributed by atoms with E-state index in [1.807, 2.05) is 19.9 Å². The molecule has 0 saturated carbocycles. The van der Waals surface area contributed by atoms with Gasteiger partial charge in [0.1, 0.15) is 11.6 Å². The molecular weight excluding hydrogens is 372 g/mol. The van der Waals surface area contributed by atoms with Gasteiger partial charge in [-0.15, -0.1) is 0 Å². The van der Waals surface area contributed by atoms with Gasteiger partial charge in [0.15, 0.2) is 23.0 Å². The summed E-state index contributed by atoms with van der Waals surface area (Å²) in [6.07, 6.45) is 2.39. The van der Waals surface area contributed by atoms with Gasteiger partial charge in [0.05, 0.1) is 13.2 Å². The van der Waals surface area contributed by atoms with Crippen molar-refractivity contribution in [3.05, 3.63) is 47.5 Å². The maximum atomic E-state index is 12.5. The highest BCUT2D eigenvalue weighted by atomic mass is 16.7. The first-order valence-corrected chi connectivity index (χ1v) is 9.37. The first-order valence-electron chi connectivity index (χ1n) is 9.37. The summed E-state index contributed by atoms with van der Waals surface area (Å²) in [5, 5.41) is 12.2. The van der Waals surface area contributed by atoms with Gasteiger partial charge < -0.3 is 24.3 Å². The van der Waals surface area contributed by atoms with E-state index in [1.54, 1.807) is 36.4 Å². The minimum absolute atomic E-state index is 0.0349. The van der Waals surface area contributed by atoms with Gasteiger partial charge in [-0.2, -0.15) is 5.26 Å². The Kier molecular flexibility index (Phi) is 6.59. The summed E-state index contributed by atoms with van der Waals surface area (Å²) in [4.78, 5) is 12.5. The lowest BCUT2D eigenvalue weighted by Gasteiger charge is -2.12. The summed E-state index contributed by atoms with van der Waals surface area (Å²) >= 11 is 0. The van der Waals surface area contributed by atoms with Crippen molar-refractivity contribution in [3.8, 4) is 29.1 Å². The summed E-state index contributed by atoms with van der Waals surface area (Å²) in [6.45, 7) is 5.11. The van der Waals surface area contributed by atoms with Crippen molar-refractivity contribution in [2.24, 2.45) is 0 Å².